The topological polar surface area (TPSA) is 126 Å². The molecule has 8 rings (SSSR count). The van der Waals surface area contributed by atoms with E-state index in [1.165, 1.54) is 35.2 Å². The number of aromatic nitrogens is 3. The molecule has 0 saturated carbocycles. The molecule has 0 amide bonds. The number of hydrogen-bond acceptors (Lipinski definition) is 8. The van der Waals surface area contributed by atoms with Gasteiger partial charge in [-0.3, -0.25) is 0 Å². The van der Waals surface area contributed by atoms with Gasteiger partial charge in [0.25, 0.3) is 0 Å². The van der Waals surface area contributed by atoms with Crippen molar-refractivity contribution in [1.29, 1.82) is 0 Å². The minimum Gasteiger partial charge on any atom is -0.478 e. The van der Waals surface area contributed by atoms with E-state index in [1.54, 1.807) is 48.9 Å². The molecule has 3 aromatic heterocycles. The lowest BCUT2D eigenvalue weighted by Gasteiger charge is -2.05. The molecule has 254 valence electrons. The molecule has 8 nitrogen and oxygen atoms in total. The molecule has 0 aliphatic carbocycles. The molecule has 3 heterocycles. The lowest BCUT2D eigenvalue weighted by atomic mass is 10.00. The quantitative estimate of drug-likeness (QED) is 0.159. The van der Waals surface area contributed by atoms with Gasteiger partial charge < -0.3 is 14.6 Å². The van der Waals surface area contributed by atoms with Gasteiger partial charge >= 0.3 is 11.9 Å². The summed E-state index contributed by atoms with van der Waals surface area (Å²) in [6.45, 7) is 0. The summed E-state index contributed by atoms with van der Waals surface area (Å²) in [6, 6.07) is 40.1. The SMILES string of the molecule is O=C(O)c1cc(F)cc(-c2cccc(-c3nsc(-c4ccoc4)n3)c2)c1.O=C(O)c1cccc(-c2cccc(-c3cc(-c4ccccc4)sn3)c2)c1. The molecule has 0 bridgehead atoms. The normalized spacial score (nSPS) is 10.7. The van der Waals surface area contributed by atoms with E-state index in [2.05, 4.69) is 31.9 Å². The molecule has 0 atom stereocenters. The van der Waals surface area contributed by atoms with E-state index in [-0.39, 0.29) is 11.1 Å². The Kier molecular flexibility index (Phi) is 9.87. The summed E-state index contributed by atoms with van der Waals surface area (Å²) in [5.41, 5.74) is 7.90. The Morgan fingerprint density at radius 3 is 1.92 bits per heavy atom. The van der Waals surface area contributed by atoms with E-state index in [9.17, 15) is 19.1 Å². The van der Waals surface area contributed by atoms with Crippen molar-refractivity contribution in [2.75, 3.05) is 0 Å². The smallest absolute Gasteiger partial charge is 0.335 e. The van der Waals surface area contributed by atoms with Gasteiger partial charge in [0, 0.05) is 11.1 Å². The van der Waals surface area contributed by atoms with Crippen LogP contribution in [0.15, 0.2) is 150 Å². The summed E-state index contributed by atoms with van der Waals surface area (Å²) < 4.78 is 27.8. The zero-order chi connectivity index (χ0) is 36.0. The van der Waals surface area contributed by atoms with E-state index in [0.29, 0.717) is 17.0 Å². The minimum absolute atomic E-state index is 0.0977. The van der Waals surface area contributed by atoms with Crippen molar-refractivity contribution >= 4 is 35.0 Å². The first-order valence-electron chi connectivity index (χ1n) is 15.8. The van der Waals surface area contributed by atoms with E-state index < -0.39 is 17.8 Å². The molecular weight excluding hydrogens is 698 g/mol. The highest BCUT2D eigenvalue weighted by molar-refractivity contribution is 7.10. The number of furan rings is 1. The number of rotatable bonds is 8. The van der Waals surface area contributed by atoms with Gasteiger partial charge in [0.05, 0.1) is 33.5 Å². The van der Waals surface area contributed by atoms with Crippen LogP contribution in [-0.2, 0) is 0 Å². The maximum absolute atomic E-state index is 13.8. The molecule has 5 aromatic carbocycles. The first-order chi connectivity index (χ1) is 25.3. The molecule has 0 aliphatic rings. The van der Waals surface area contributed by atoms with Crippen molar-refractivity contribution in [1.82, 2.24) is 13.7 Å². The second-order valence-corrected chi connectivity index (χ2v) is 13.0. The Morgan fingerprint density at radius 1 is 0.558 bits per heavy atom. The number of hydrogen-bond donors (Lipinski definition) is 2. The molecule has 0 unspecified atom stereocenters. The summed E-state index contributed by atoms with van der Waals surface area (Å²) >= 11 is 2.73. The van der Waals surface area contributed by atoms with Crippen molar-refractivity contribution in [3.05, 3.63) is 163 Å². The number of carbonyl (C=O) groups is 2. The summed E-state index contributed by atoms with van der Waals surface area (Å²) in [6.07, 6.45) is 3.17. The molecule has 8 aromatic rings. The number of aromatic carboxylic acids is 2. The van der Waals surface area contributed by atoms with Crippen molar-refractivity contribution in [2.45, 2.75) is 0 Å². The number of carboxylic acid groups (broad SMARTS) is 2. The maximum atomic E-state index is 13.8. The van der Waals surface area contributed by atoms with Crippen LogP contribution in [0.3, 0.4) is 0 Å². The van der Waals surface area contributed by atoms with Crippen molar-refractivity contribution in [2.24, 2.45) is 0 Å². The lowest BCUT2D eigenvalue weighted by Crippen LogP contribution is -1.97. The van der Waals surface area contributed by atoms with Gasteiger partial charge in [-0.25, -0.2) is 19.0 Å². The fraction of sp³-hybridized carbons (Fsp3) is 0. The van der Waals surface area contributed by atoms with Gasteiger partial charge in [-0.1, -0.05) is 78.9 Å². The molecule has 0 fully saturated rings. The fourth-order valence-electron chi connectivity index (χ4n) is 5.40. The largest absolute Gasteiger partial charge is 0.478 e. The van der Waals surface area contributed by atoms with Crippen molar-refractivity contribution in [3.8, 4) is 65.9 Å². The minimum atomic E-state index is -1.17. The van der Waals surface area contributed by atoms with Gasteiger partial charge in [-0.2, -0.15) is 8.75 Å². The Labute approximate surface area is 305 Å². The van der Waals surface area contributed by atoms with Gasteiger partial charge in [-0.05, 0) is 105 Å². The second-order valence-electron chi connectivity index (χ2n) is 11.5. The molecule has 0 spiro atoms. The van der Waals surface area contributed by atoms with Gasteiger partial charge in [0.2, 0.25) is 0 Å². The predicted molar refractivity (Wildman–Crippen MR) is 201 cm³/mol. The van der Waals surface area contributed by atoms with Gasteiger partial charge in [0.15, 0.2) is 5.82 Å². The number of nitrogens with zero attached hydrogens (tertiary/aromatic N) is 3. The summed E-state index contributed by atoms with van der Waals surface area (Å²) in [4.78, 5) is 28.0. The number of benzene rings is 5. The van der Waals surface area contributed by atoms with Crippen LogP contribution in [0.2, 0.25) is 0 Å². The average Bonchev–Trinajstić information content (AvgIpc) is 3.99. The standard InChI is InChI=1S/C22H15NO2S.C19H11FN2O3S/c24-22(25)19-11-5-9-17(13-19)16-8-4-10-18(12-16)20-14-21(26-23-20)15-6-2-1-3-7-15;20-16-8-14(7-15(9-16)19(23)24)11-2-1-3-12(6-11)17-21-18(26-22-17)13-4-5-25-10-13/h1-14H,(H,24,25);1-10H,(H,23,24). The maximum Gasteiger partial charge on any atom is 0.335 e. The number of halogens is 1. The second kappa shape index (κ2) is 15.1. The molecule has 0 aliphatic heterocycles. The van der Waals surface area contributed by atoms with Crippen LogP contribution in [-0.4, -0.2) is 35.9 Å². The summed E-state index contributed by atoms with van der Waals surface area (Å²) in [7, 11) is 0. The van der Waals surface area contributed by atoms with E-state index in [1.807, 2.05) is 60.7 Å². The zero-order valence-electron chi connectivity index (χ0n) is 27.0. The van der Waals surface area contributed by atoms with Gasteiger partial charge in [0.1, 0.15) is 17.1 Å². The van der Waals surface area contributed by atoms with Crippen LogP contribution < -0.4 is 0 Å². The van der Waals surface area contributed by atoms with Crippen LogP contribution in [0.4, 0.5) is 4.39 Å². The third-order valence-corrected chi connectivity index (χ3v) is 9.57. The first-order valence-corrected chi connectivity index (χ1v) is 17.3. The Bertz CT molecular complexity index is 2510. The predicted octanol–water partition coefficient (Wildman–Crippen LogP) is 10.8. The van der Waals surface area contributed by atoms with Crippen LogP contribution in [0, 0.1) is 5.82 Å². The average molecular weight is 724 g/mol. The highest BCUT2D eigenvalue weighted by atomic mass is 32.1. The highest BCUT2D eigenvalue weighted by Gasteiger charge is 2.13. The highest BCUT2D eigenvalue weighted by Crippen LogP contribution is 2.33. The molecule has 11 heteroatoms. The van der Waals surface area contributed by atoms with Crippen molar-refractivity contribution < 1.29 is 28.6 Å². The van der Waals surface area contributed by atoms with Crippen LogP contribution in [0.25, 0.3) is 65.9 Å². The molecule has 52 heavy (non-hydrogen) atoms. The zero-order valence-corrected chi connectivity index (χ0v) is 28.6. The Morgan fingerprint density at radius 2 is 1.19 bits per heavy atom. The third kappa shape index (κ3) is 7.76. The van der Waals surface area contributed by atoms with E-state index >= 15 is 0 Å². The Balaban J connectivity index is 0.000000162. The van der Waals surface area contributed by atoms with Gasteiger partial charge in [-0.15, -0.1) is 0 Å². The third-order valence-electron chi connectivity index (χ3n) is 7.96. The Hall–Kier alpha value is -6.56. The van der Waals surface area contributed by atoms with E-state index in [0.717, 1.165) is 55.0 Å². The molecule has 2 N–H and O–H groups in total. The van der Waals surface area contributed by atoms with Crippen LogP contribution >= 0.6 is 23.1 Å². The molecule has 0 saturated heterocycles. The molecule has 0 radical (unpaired) electrons. The summed E-state index contributed by atoms with van der Waals surface area (Å²) in [5, 5.41) is 19.0. The molecular formula is C41H26FN3O5S2. The van der Waals surface area contributed by atoms with Crippen molar-refractivity contribution in [3.63, 3.8) is 0 Å². The first kappa shape index (κ1) is 33.9. The lowest BCUT2D eigenvalue weighted by molar-refractivity contribution is 0.0686. The monoisotopic (exact) mass is 723 g/mol. The van der Waals surface area contributed by atoms with Crippen LogP contribution in [0.5, 0.6) is 0 Å². The van der Waals surface area contributed by atoms with E-state index in [4.69, 9.17) is 9.52 Å². The van der Waals surface area contributed by atoms with Crippen LogP contribution in [0.1, 0.15) is 20.7 Å². The fourth-order valence-corrected chi connectivity index (χ4v) is 6.83. The summed E-state index contributed by atoms with van der Waals surface area (Å²) in [5.74, 6) is -2.15. The number of carboxylic acids is 2.